The number of carbonyl (C=O) groups is 1. The third kappa shape index (κ3) is 2.59. The summed E-state index contributed by atoms with van der Waals surface area (Å²) in [6, 6.07) is 2.91. The molecule has 2 aromatic heterocycles. The zero-order chi connectivity index (χ0) is 13.0. The Kier molecular flexibility index (Phi) is 3.46. The second-order valence-corrected chi connectivity index (χ2v) is 3.55. The van der Waals surface area contributed by atoms with Gasteiger partial charge in [0.25, 0.3) is 5.91 Å². The number of nitrogens with one attached hydrogen (secondary N) is 2. The number of aromatic nitrogens is 5. The van der Waals surface area contributed by atoms with E-state index < -0.39 is 0 Å². The first-order valence-corrected chi connectivity index (χ1v) is 5.25. The molecule has 2 rings (SSSR count). The van der Waals surface area contributed by atoms with Gasteiger partial charge in [-0.2, -0.15) is 5.21 Å². The summed E-state index contributed by atoms with van der Waals surface area (Å²) in [6.45, 7) is 1.76. The molecule has 0 bridgehead atoms. The Hall–Kier alpha value is -2.51. The van der Waals surface area contributed by atoms with E-state index in [0.717, 1.165) is 0 Å². The van der Waals surface area contributed by atoms with Crippen LogP contribution in [0.4, 0.5) is 0 Å². The van der Waals surface area contributed by atoms with Gasteiger partial charge in [0.15, 0.2) is 5.82 Å². The smallest absolute Gasteiger partial charge is 0.253 e. The lowest BCUT2D eigenvalue weighted by Gasteiger charge is -2.09. The Morgan fingerprint density at radius 1 is 1.50 bits per heavy atom. The topological polar surface area (TPSA) is 106 Å². The maximum atomic E-state index is 11.9. The maximum Gasteiger partial charge on any atom is 0.253 e. The second kappa shape index (κ2) is 5.21. The van der Waals surface area contributed by atoms with Crippen LogP contribution in [0.5, 0.6) is 5.88 Å². The number of H-pyrrole nitrogens is 1. The summed E-state index contributed by atoms with van der Waals surface area (Å²) in [7, 11) is 1.51. The Morgan fingerprint density at radius 2 is 2.33 bits per heavy atom. The van der Waals surface area contributed by atoms with Crippen molar-refractivity contribution in [3.8, 4) is 5.88 Å². The van der Waals surface area contributed by atoms with Crippen LogP contribution in [0, 0.1) is 0 Å². The fraction of sp³-hybridized carbons (Fsp3) is 0.300. The molecule has 1 amide bonds. The van der Waals surface area contributed by atoms with Crippen molar-refractivity contribution < 1.29 is 9.53 Å². The molecule has 0 saturated heterocycles. The molecule has 94 valence electrons. The zero-order valence-electron chi connectivity index (χ0n) is 9.91. The number of pyridine rings is 1. The highest BCUT2D eigenvalue weighted by Crippen LogP contribution is 2.09. The molecule has 8 nitrogen and oxygen atoms in total. The number of rotatable bonds is 4. The molecule has 0 spiro atoms. The van der Waals surface area contributed by atoms with Gasteiger partial charge in [-0.05, 0) is 13.0 Å². The Balaban J connectivity index is 2.03. The number of methoxy groups -OCH3 is 1. The van der Waals surface area contributed by atoms with Crippen molar-refractivity contribution in [2.24, 2.45) is 0 Å². The first kappa shape index (κ1) is 12.0. The maximum absolute atomic E-state index is 11.9. The van der Waals surface area contributed by atoms with Gasteiger partial charge < -0.3 is 10.1 Å². The van der Waals surface area contributed by atoms with Crippen molar-refractivity contribution in [1.29, 1.82) is 0 Å². The van der Waals surface area contributed by atoms with E-state index >= 15 is 0 Å². The number of hydrogen-bond acceptors (Lipinski definition) is 6. The Bertz CT molecular complexity index is 510. The van der Waals surface area contributed by atoms with Gasteiger partial charge in [0.2, 0.25) is 5.88 Å². The minimum Gasteiger partial charge on any atom is -0.481 e. The van der Waals surface area contributed by atoms with E-state index in [-0.39, 0.29) is 11.9 Å². The van der Waals surface area contributed by atoms with Crippen molar-refractivity contribution in [3.05, 3.63) is 29.7 Å². The van der Waals surface area contributed by atoms with Crippen LogP contribution in [0.2, 0.25) is 0 Å². The summed E-state index contributed by atoms with van der Waals surface area (Å²) in [5.41, 5.74) is 0.436. The van der Waals surface area contributed by atoms with Crippen LogP contribution in [0.15, 0.2) is 18.3 Å². The molecular formula is C10H12N6O2. The molecule has 18 heavy (non-hydrogen) atoms. The number of nitrogens with zero attached hydrogens (tertiary/aromatic N) is 4. The van der Waals surface area contributed by atoms with Crippen molar-refractivity contribution in [2.45, 2.75) is 13.0 Å². The Morgan fingerprint density at radius 3 is 2.89 bits per heavy atom. The van der Waals surface area contributed by atoms with Crippen molar-refractivity contribution in [2.75, 3.05) is 7.11 Å². The van der Waals surface area contributed by atoms with Crippen LogP contribution in [-0.4, -0.2) is 38.6 Å². The second-order valence-electron chi connectivity index (χ2n) is 3.55. The fourth-order valence-corrected chi connectivity index (χ4v) is 1.33. The lowest BCUT2D eigenvalue weighted by atomic mass is 10.2. The molecule has 2 N–H and O–H groups in total. The normalized spacial score (nSPS) is 11.9. The van der Waals surface area contributed by atoms with Crippen molar-refractivity contribution in [3.63, 3.8) is 0 Å². The van der Waals surface area contributed by atoms with Gasteiger partial charge in [-0.3, -0.25) is 4.79 Å². The number of aromatic amines is 1. The summed E-state index contributed by atoms with van der Waals surface area (Å²) in [5, 5.41) is 16.1. The van der Waals surface area contributed by atoms with E-state index in [1.54, 1.807) is 19.1 Å². The largest absolute Gasteiger partial charge is 0.481 e. The molecule has 0 aliphatic rings. The molecule has 1 atom stereocenters. The number of amides is 1. The third-order valence-electron chi connectivity index (χ3n) is 2.30. The highest BCUT2D eigenvalue weighted by molar-refractivity contribution is 5.94. The number of ether oxygens (including phenoxy) is 1. The molecule has 1 unspecified atom stereocenters. The van der Waals surface area contributed by atoms with Crippen LogP contribution in [0.1, 0.15) is 29.1 Å². The summed E-state index contributed by atoms with van der Waals surface area (Å²) < 4.78 is 4.91. The van der Waals surface area contributed by atoms with Crippen LogP contribution in [0.25, 0.3) is 0 Å². The summed E-state index contributed by atoms with van der Waals surface area (Å²) in [5.74, 6) is 0.616. The van der Waals surface area contributed by atoms with E-state index in [1.165, 1.54) is 13.3 Å². The average molecular weight is 248 g/mol. The summed E-state index contributed by atoms with van der Waals surface area (Å²) >= 11 is 0. The van der Waals surface area contributed by atoms with E-state index in [9.17, 15) is 4.79 Å². The molecule has 0 aliphatic heterocycles. The molecule has 2 aromatic rings. The van der Waals surface area contributed by atoms with Crippen LogP contribution in [0.3, 0.4) is 0 Å². The molecule has 0 aliphatic carbocycles. The van der Waals surface area contributed by atoms with Gasteiger partial charge >= 0.3 is 0 Å². The van der Waals surface area contributed by atoms with E-state index in [0.29, 0.717) is 17.3 Å². The van der Waals surface area contributed by atoms with Gasteiger partial charge in [0, 0.05) is 12.3 Å². The minimum absolute atomic E-state index is 0.262. The molecule has 8 heteroatoms. The fourth-order valence-electron chi connectivity index (χ4n) is 1.33. The first-order valence-electron chi connectivity index (χ1n) is 5.25. The highest BCUT2D eigenvalue weighted by atomic mass is 16.5. The highest BCUT2D eigenvalue weighted by Gasteiger charge is 2.14. The quantitative estimate of drug-likeness (QED) is 0.794. The zero-order valence-corrected chi connectivity index (χ0v) is 9.91. The van der Waals surface area contributed by atoms with E-state index in [1.807, 2.05) is 0 Å². The monoisotopic (exact) mass is 248 g/mol. The minimum atomic E-state index is -0.335. The van der Waals surface area contributed by atoms with Crippen LogP contribution < -0.4 is 10.1 Å². The predicted octanol–water partition coefficient (Wildman–Crippen LogP) is 0.0943. The Labute approximate surface area is 103 Å². The van der Waals surface area contributed by atoms with Gasteiger partial charge in [-0.25, -0.2) is 4.98 Å². The number of hydrogen-bond donors (Lipinski definition) is 2. The molecule has 0 fully saturated rings. The molecule has 0 aromatic carbocycles. The van der Waals surface area contributed by atoms with Crippen molar-refractivity contribution >= 4 is 5.91 Å². The average Bonchev–Trinajstić information content (AvgIpc) is 2.92. The third-order valence-corrected chi connectivity index (χ3v) is 2.30. The van der Waals surface area contributed by atoms with E-state index in [4.69, 9.17) is 4.74 Å². The number of tetrazole rings is 1. The first-order chi connectivity index (χ1) is 8.70. The SMILES string of the molecule is COc1ccc(C(=O)NC(C)c2nn[nH]n2)cn1. The summed E-state index contributed by atoms with van der Waals surface area (Å²) in [4.78, 5) is 15.8. The van der Waals surface area contributed by atoms with Crippen LogP contribution >= 0.6 is 0 Å². The number of carbonyl (C=O) groups excluding carboxylic acids is 1. The van der Waals surface area contributed by atoms with Gasteiger partial charge in [0.05, 0.1) is 18.7 Å². The molecular weight excluding hydrogens is 236 g/mol. The molecule has 0 radical (unpaired) electrons. The lowest BCUT2D eigenvalue weighted by Crippen LogP contribution is -2.27. The standard InChI is InChI=1S/C10H12N6O2/c1-6(9-13-15-16-14-9)12-10(17)7-3-4-8(18-2)11-5-7/h3-6H,1-2H3,(H,12,17)(H,13,14,15,16). The molecule has 0 saturated carbocycles. The van der Waals surface area contributed by atoms with E-state index in [2.05, 4.69) is 30.9 Å². The van der Waals surface area contributed by atoms with Crippen molar-refractivity contribution in [1.82, 2.24) is 30.9 Å². The van der Waals surface area contributed by atoms with Gasteiger partial charge in [-0.15, -0.1) is 10.2 Å². The molecule has 2 heterocycles. The lowest BCUT2D eigenvalue weighted by molar-refractivity contribution is 0.0938. The van der Waals surface area contributed by atoms with Gasteiger partial charge in [0.1, 0.15) is 0 Å². The summed E-state index contributed by atoms with van der Waals surface area (Å²) in [6.07, 6.45) is 1.44. The van der Waals surface area contributed by atoms with Gasteiger partial charge in [-0.1, -0.05) is 5.21 Å². The predicted molar refractivity (Wildman–Crippen MR) is 60.8 cm³/mol. The van der Waals surface area contributed by atoms with Crippen LogP contribution in [-0.2, 0) is 0 Å².